The number of allylic oxidation sites excluding steroid dienone is 2. The maximum Gasteiger partial charge on any atom is 0.165 e. The summed E-state index contributed by atoms with van der Waals surface area (Å²) in [6.45, 7) is 6.80. The molecule has 0 saturated carbocycles. The van der Waals surface area contributed by atoms with Crippen molar-refractivity contribution in [2.45, 2.75) is 58.0 Å². The highest BCUT2D eigenvalue weighted by molar-refractivity contribution is 6.06. The standard InChI is InChI=1S/C29H35N3O2/c33-26(12-13-30-14-16-31(17-15-30)19-21-6-2-1-3-7-21)23-18-22-10-11-27(34)28-24-8-4-5-9-25(24)32(20-23)29(22)28/h1-3,6-7,18,23H,4-5,8-17,19-20H2. The van der Waals surface area contributed by atoms with E-state index in [2.05, 4.69) is 50.8 Å². The van der Waals surface area contributed by atoms with E-state index in [0.717, 1.165) is 70.6 Å². The molecule has 2 aliphatic heterocycles. The van der Waals surface area contributed by atoms with Crippen LogP contribution in [0.5, 0.6) is 0 Å². The molecule has 2 aromatic rings. The summed E-state index contributed by atoms with van der Waals surface area (Å²) in [5.41, 5.74) is 7.45. The summed E-state index contributed by atoms with van der Waals surface area (Å²) >= 11 is 0. The van der Waals surface area contributed by atoms with Crippen LogP contribution < -0.4 is 0 Å². The number of aromatic nitrogens is 1. The van der Waals surface area contributed by atoms with Crippen molar-refractivity contribution in [1.29, 1.82) is 0 Å². The van der Waals surface area contributed by atoms with Gasteiger partial charge in [0.25, 0.3) is 0 Å². The van der Waals surface area contributed by atoms with Crippen LogP contribution in [0, 0.1) is 5.92 Å². The van der Waals surface area contributed by atoms with Crippen LogP contribution in [0.4, 0.5) is 0 Å². The second-order valence-corrected chi connectivity index (χ2v) is 10.5. The largest absolute Gasteiger partial charge is 0.343 e. The van der Waals surface area contributed by atoms with Crippen LogP contribution in [0.2, 0.25) is 0 Å². The predicted octanol–water partition coefficient (Wildman–Crippen LogP) is 4.13. The van der Waals surface area contributed by atoms with E-state index < -0.39 is 0 Å². The van der Waals surface area contributed by atoms with Gasteiger partial charge in [0.1, 0.15) is 5.78 Å². The van der Waals surface area contributed by atoms with Crippen LogP contribution in [-0.4, -0.2) is 58.7 Å². The number of Topliss-reactive ketones (excluding diaryl/α,β-unsaturated/α-hetero) is 2. The Morgan fingerprint density at radius 1 is 0.912 bits per heavy atom. The van der Waals surface area contributed by atoms with E-state index in [1.165, 1.54) is 40.9 Å². The van der Waals surface area contributed by atoms with Crippen molar-refractivity contribution in [2.75, 3.05) is 32.7 Å². The molecule has 1 unspecified atom stereocenters. The van der Waals surface area contributed by atoms with E-state index in [1.54, 1.807) is 0 Å². The summed E-state index contributed by atoms with van der Waals surface area (Å²) in [7, 11) is 0. The highest BCUT2D eigenvalue weighted by Crippen LogP contribution is 2.42. The summed E-state index contributed by atoms with van der Waals surface area (Å²) in [4.78, 5) is 31.0. The van der Waals surface area contributed by atoms with Crippen molar-refractivity contribution in [3.63, 3.8) is 0 Å². The molecule has 4 aliphatic rings. The molecule has 2 aliphatic carbocycles. The van der Waals surface area contributed by atoms with Crippen LogP contribution in [0.1, 0.15) is 65.0 Å². The fourth-order valence-corrected chi connectivity index (χ4v) is 6.51. The van der Waals surface area contributed by atoms with Gasteiger partial charge in [0, 0.05) is 69.9 Å². The number of nitrogens with zero attached hydrogens (tertiary/aromatic N) is 3. The molecule has 0 radical (unpaired) electrons. The lowest BCUT2D eigenvalue weighted by atomic mass is 9.83. The molecule has 34 heavy (non-hydrogen) atoms. The lowest BCUT2D eigenvalue weighted by molar-refractivity contribution is -0.122. The number of piperazine rings is 1. The molecule has 0 spiro atoms. The molecular formula is C29H35N3O2. The fraction of sp³-hybridized carbons (Fsp3) is 0.517. The molecule has 3 heterocycles. The first-order valence-corrected chi connectivity index (χ1v) is 13.2. The summed E-state index contributed by atoms with van der Waals surface area (Å²) in [5, 5.41) is 0. The maximum atomic E-state index is 13.3. The fourth-order valence-electron chi connectivity index (χ4n) is 6.51. The molecule has 178 valence electrons. The van der Waals surface area contributed by atoms with Crippen molar-refractivity contribution in [3.05, 3.63) is 64.5 Å². The maximum absolute atomic E-state index is 13.3. The number of benzene rings is 1. The second kappa shape index (κ2) is 9.27. The quantitative estimate of drug-likeness (QED) is 0.654. The Morgan fingerprint density at radius 3 is 2.50 bits per heavy atom. The highest BCUT2D eigenvalue weighted by Gasteiger charge is 2.37. The topological polar surface area (TPSA) is 45.6 Å². The van der Waals surface area contributed by atoms with E-state index in [-0.39, 0.29) is 5.92 Å². The van der Waals surface area contributed by atoms with Crippen LogP contribution in [0.3, 0.4) is 0 Å². The van der Waals surface area contributed by atoms with E-state index in [4.69, 9.17) is 0 Å². The van der Waals surface area contributed by atoms with Gasteiger partial charge in [-0.05, 0) is 48.8 Å². The molecule has 1 saturated heterocycles. The Labute approximate surface area is 202 Å². The van der Waals surface area contributed by atoms with Crippen LogP contribution >= 0.6 is 0 Å². The van der Waals surface area contributed by atoms with Gasteiger partial charge in [-0.25, -0.2) is 0 Å². The zero-order chi connectivity index (χ0) is 23.1. The molecule has 6 rings (SSSR count). The van der Waals surface area contributed by atoms with Gasteiger partial charge >= 0.3 is 0 Å². The number of fused-ring (bicyclic) bond motifs is 3. The molecule has 5 heteroatoms. The predicted molar refractivity (Wildman–Crippen MR) is 134 cm³/mol. The van der Waals surface area contributed by atoms with Crippen LogP contribution in [-0.2, 0) is 30.7 Å². The summed E-state index contributed by atoms with van der Waals surface area (Å²) in [6.07, 6.45) is 8.68. The third kappa shape index (κ3) is 4.09. The number of carbonyl (C=O) groups excluding carboxylic acids is 2. The SMILES string of the molecule is O=C1CCC2=CC(C(=O)CCN3CCN(Cc4ccccc4)CC3)Cn3c4c(c1c32)CCCC4. The van der Waals surface area contributed by atoms with E-state index in [9.17, 15) is 9.59 Å². The van der Waals surface area contributed by atoms with Gasteiger partial charge in [0.05, 0.1) is 11.6 Å². The van der Waals surface area contributed by atoms with Gasteiger partial charge in [-0.3, -0.25) is 14.5 Å². The Morgan fingerprint density at radius 2 is 1.68 bits per heavy atom. The number of carbonyl (C=O) groups is 2. The zero-order valence-electron chi connectivity index (χ0n) is 20.1. The lowest BCUT2D eigenvalue weighted by Crippen LogP contribution is -2.46. The van der Waals surface area contributed by atoms with Crippen molar-refractivity contribution in [1.82, 2.24) is 14.4 Å². The Hall–Kier alpha value is -2.50. The minimum absolute atomic E-state index is 0.0404. The van der Waals surface area contributed by atoms with Gasteiger partial charge in [-0.1, -0.05) is 36.4 Å². The Balaban J connectivity index is 1.08. The molecular weight excluding hydrogens is 422 g/mol. The average Bonchev–Trinajstić information content (AvgIpc) is 3.22. The van der Waals surface area contributed by atoms with Gasteiger partial charge < -0.3 is 9.47 Å². The molecule has 0 amide bonds. The minimum Gasteiger partial charge on any atom is -0.343 e. The second-order valence-electron chi connectivity index (χ2n) is 10.5. The summed E-state index contributed by atoms with van der Waals surface area (Å²) in [5.74, 6) is 0.642. The van der Waals surface area contributed by atoms with E-state index in [0.29, 0.717) is 24.4 Å². The smallest absolute Gasteiger partial charge is 0.165 e. The lowest BCUT2D eigenvalue weighted by Gasteiger charge is -2.35. The van der Waals surface area contributed by atoms with E-state index in [1.807, 2.05) is 0 Å². The molecule has 0 N–H and O–H groups in total. The first-order valence-electron chi connectivity index (χ1n) is 13.2. The van der Waals surface area contributed by atoms with Crippen molar-refractivity contribution in [2.24, 2.45) is 5.92 Å². The zero-order valence-corrected chi connectivity index (χ0v) is 20.1. The van der Waals surface area contributed by atoms with Crippen LogP contribution in [0.25, 0.3) is 5.57 Å². The van der Waals surface area contributed by atoms with Gasteiger partial charge in [0.2, 0.25) is 0 Å². The van der Waals surface area contributed by atoms with Crippen molar-refractivity contribution < 1.29 is 9.59 Å². The molecule has 1 atom stereocenters. The van der Waals surface area contributed by atoms with Crippen LogP contribution in [0.15, 0.2) is 36.4 Å². The first kappa shape index (κ1) is 22.0. The molecule has 1 aromatic heterocycles. The number of ketones is 2. The molecule has 0 bridgehead atoms. The number of hydrogen-bond acceptors (Lipinski definition) is 4. The third-order valence-electron chi connectivity index (χ3n) is 8.36. The Kier molecular flexibility index (Phi) is 6.00. The normalized spacial score (nSPS) is 22.8. The number of rotatable bonds is 6. The third-order valence-corrected chi connectivity index (χ3v) is 8.36. The monoisotopic (exact) mass is 457 g/mol. The molecule has 1 fully saturated rings. The highest BCUT2D eigenvalue weighted by atomic mass is 16.1. The Bertz CT molecular complexity index is 1120. The minimum atomic E-state index is -0.0404. The summed E-state index contributed by atoms with van der Waals surface area (Å²) < 4.78 is 2.38. The first-order chi connectivity index (χ1) is 16.7. The van der Waals surface area contributed by atoms with E-state index >= 15 is 0 Å². The summed E-state index contributed by atoms with van der Waals surface area (Å²) in [6, 6.07) is 10.7. The van der Waals surface area contributed by atoms with Crippen molar-refractivity contribution >= 4 is 17.1 Å². The number of hydrogen-bond donors (Lipinski definition) is 0. The average molecular weight is 458 g/mol. The van der Waals surface area contributed by atoms with Gasteiger partial charge in [0.15, 0.2) is 5.78 Å². The molecule has 1 aromatic carbocycles. The van der Waals surface area contributed by atoms with Crippen molar-refractivity contribution in [3.8, 4) is 0 Å². The molecule has 5 nitrogen and oxygen atoms in total. The van der Waals surface area contributed by atoms with Gasteiger partial charge in [-0.2, -0.15) is 0 Å². The van der Waals surface area contributed by atoms with Gasteiger partial charge in [-0.15, -0.1) is 0 Å².